The third-order valence-corrected chi connectivity index (χ3v) is 3.57. The van der Waals surface area contributed by atoms with Crippen LogP contribution >= 0.6 is 0 Å². The van der Waals surface area contributed by atoms with E-state index >= 15 is 0 Å². The van der Waals surface area contributed by atoms with Gasteiger partial charge in [-0.15, -0.1) is 0 Å². The predicted molar refractivity (Wildman–Crippen MR) is 93.1 cm³/mol. The highest BCUT2D eigenvalue weighted by Crippen LogP contribution is 2.24. The number of H-pyrrole nitrogens is 1. The molecule has 0 atom stereocenters. The van der Waals surface area contributed by atoms with Crippen LogP contribution in [0, 0.1) is 0 Å². The number of rotatable bonds is 5. The maximum absolute atomic E-state index is 12.2. The van der Waals surface area contributed by atoms with Crippen LogP contribution in [0.5, 0.6) is 11.5 Å². The molecule has 4 nitrogen and oxygen atoms in total. The zero-order chi connectivity index (χ0) is 16.2. The Morgan fingerprint density at radius 3 is 2.57 bits per heavy atom. The molecule has 0 amide bonds. The Bertz CT molecular complexity index is 854. The minimum absolute atomic E-state index is 0.0671. The fraction of sp³-hybridized carbons (Fsp3) is 0.211. The van der Waals surface area contributed by atoms with Gasteiger partial charge in [0.2, 0.25) is 0 Å². The number of ether oxygens (including phenoxy) is 1. The monoisotopic (exact) mass is 308 g/mol. The Morgan fingerprint density at radius 2 is 1.83 bits per heavy atom. The molecular weight excluding hydrogens is 288 g/mol. The molecule has 2 aromatic carbocycles. The van der Waals surface area contributed by atoms with Crippen LogP contribution in [-0.4, -0.2) is 11.0 Å². The van der Waals surface area contributed by atoms with E-state index in [4.69, 9.17) is 4.74 Å². The highest BCUT2D eigenvalue weighted by molar-refractivity contribution is 5.80. The molecule has 4 heteroatoms. The second-order valence-corrected chi connectivity index (χ2v) is 5.82. The first-order valence-electron chi connectivity index (χ1n) is 7.74. The van der Waals surface area contributed by atoms with Gasteiger partial charge in [0.15, 0.2) is 0 Å². The molecule has 0 aliphatic carbocycles. The predicted octanol–water partition coefficient (Wildman–Crippen LogP) is 3.82. The summed E-state index contributed by atoms with van der Waals surface area (Å²) in [5, 5.41) is 4.26. The van der Waals surface area contributed by atoms with E-state index in [9.17, 15) is 4.79 Å². The molecule has 0 saturated heterocycles. The Labute approximate surface area is 135 Å². The van der Waals surface area contributed by atoms with Gasteiger partial charge in [-0.2, -0.15) is 0 Å². The summed E-state index contributed by atoms with van der Waals surface area (Å²) in [6.07, 6.45) is 0. The maximum Gasteiger partial charge on any atom is 0.252 e. The Balaban J connectivity index is 1.88. The van der Waals surface area contributed by atoms with Crippen molar-refractivity contribution >= 4 is 10.9 Å². The number of aromatic amines is 1. The van der Waals surface area contributed by atoms with Crippen molar-refractivity contribution in [2.75, 3.05) is 0 Å². The molecule has 0 saturated carbocycles. The molecular formula is C19H20N2O2. The molecule has 0 radical (unpaired) electrons. The van der Waals surface area contributed by atoms with Crippen molar-refractivity contribution in [3.05, 3.63) is 70.5 Å². The number of hydrogen-bond donors (Lipinski definition) is 2. The number of hydrogen-bond acceptors (Lipinski definition) is 3. The standard InChI is InChI=1S/C19H20N2O2/c1-13(2)20-12-15-10-14-8-9-17(11-18(14)21-19(15)22)23-16-6-4-3-5-7-16/h3-11,13,20H,12H2,1-2H3,(H,21,22). The third-order valence-electron chi connectivity index (χ3n) is 3.57. The van der Waals surface area contributed by atoms with Gasteiger partial charge in [0.05, 0.1) is 5.52 Å². The van der Waals surface area contributed by atoms with E-state index in [2.05, 4.69) is 24.1 Å². The first kappa shape index (κ1) is 15.3. The Morgan fingerprint density at radius 1 is 1.04 bits per heavy atom. The lowest BCUT2D eigenvalue weighted by molar-refractivity contribution is 0.483. The lowest BCUT2D eigenvalue weighted by atomic mass is 10.1. The molecule has 0 bridgehead atoms. The van der Waals surface area contributed by atoms with Gasteiger partial charge >= 0.3 is 0 Å². The molecule has 1 heterocycles. The third kappa shape index (κ3) is 3.79. The average molecular weight is 308 g/mol. The molecule has 23 heavy (non-hydrogen) atoms. The number of para-hydroxylation sites is 1. The van der Waals surface area contributed by atoms with E-state index in [1.807, 2.05) is 54.6 Å². The van der Waals surface area contributed by atoms with Crippen LogP contribution in [0.3, 0.4) is 0 Å². The van der Waals surface area contributed by atoms with E-state index in [-0.39, 0.29) is 5.56 Å². The molecule has 3 rings (SSSR count). The molecule has 0 spiro atoms. The van der Waals surface area contributed by atoms with Crippen molar-refractivity contribution in [1.82, 2.24) is 10.3 Å². The molecule has 0 unspecified atom stereocenters. The lowest BCUT2D eigenvalue weighted by Gasteiger charge is -2.09. The Hall–Kier alpha value is -2.59. The van der Waals surface area contributed by atoms with Crippen LogP contribution in [0.15, 0.2) is 59.4 Å². The fourth-order valence-corrected chi connectivity index (χ4v) is 2.36. The normalized spacial score (nSPS) is 11.1. The molecule has 3 aromatic rings. The van der Waals surface area contributed by atoms with E-state index in [1.54, 1.807) is 0 Å². The molecule has 118 valence electrons. The second kappa shape index (κ2) is 6.67. The van der Waals surface area contributed by atoms with Gasteiger partial charge in [-0.25, -0.2) is 0 Å². The van der Waals surface area contributed by atoms with Crippen LogP contribution in [0.1, 0.15) is 19.4 Å². The average Bonchev–Trinajstić information content (AvgIpc) is 2.54. The van der Waals surface area contributed by atoms with Crippen LogP contribution in [-0.2, 0) is 6.54 Å². The first-order valence-corrected chi connectivity index (χ1v) is 7.74. The van der Waals surface area contributed by atoms with Gasteiger partial charge in [-0.3, -0.25) is 4.79 Å². The topological polar surface area (TPSA) is 54.1 Å². The summed E-state index contributed by atoms with van der Waals surface area (Å²) >= 11 is 0. The summed E-state index contributed by atoms with van der Waals surface area (Å²) in [5.74, 6) is 1.47. The van der Waals surface area contributed by atoms with Gasteiger partial charge in [0.1, 0.15) is 11.5 Å². The van der Waals surface area contributed by atoms with Gasteiger partial charge in [-0.1, -0.05) is 32.0 Å². The zero-order valence-electron chi connectivity index (χ0n) is 13.3. The minimum Gasteiger partial charge on any atom is -0.457 e. The summed E-state index contributed by atoms with van der Waals surface area (Å²) in [4.78, 5) is 15.1. The van der Waals surface area contributed by atoms with Gasteiger partial charge in [0, 0.05) is 24.2 Å². The quantitative estimate of drug-likeness (QED) is 0.753. The molecule has 2 N–H and O–H groups in total. The Kier molecular flexibility index (Phi) is 4.44. The summed E-state index contributed by atoms with van der Waals surface area (Å²) < 4.78 is 5.80. The number of aromatic nitrogens is 1. The molecule has 1 aromatic heterocycles. The number of benzene rings is 2. The van der Waals surface area contributed by atoms with Crippen LogP contribution < -0.4 is 15.6 Å². The van der Waals surface area contributed by atoms with Crippen molar-refractivity contribution in [1.29, 1.82) is 0 Å². The van der Waals surface area contributed by atoms with Crippen LogP contribution in [0.2, 0.25) is 0 Å². The van der Waals surface area contributed by atoms with Crippen molar-refractivity contribution in [2.45, 2.75) is 26.4 Å². The summed E-state index contributed by atoms with van der Waals surface area (Å²) in [6, 6.07) is 17.6. The van der Waals surface area contributed by atoms with Crippen molar-refractivity contribution in [3.63, 3.8) is 0 Å². The highest BCUT2D eigenvalue weighted by Gasteiger charge is 2.05. The summed E-state index contributed by atoms with van der Waals surface area (Å²) in [6.45, 7) is 4.68. The van der Waals surface area contributed by atoms with E-state index in [1.165, 1.54) is 0 Å². The largest absolute Gasteiger partial charge is 0.457 e. The minimum atomic E-state index is -0.0671. The molecule has 0 fully saturated rings. The SMILES string of the molecule is CC(C)NCc1cc2ccc(Oc3ccccc3)cc2[nH]c1=O. The fourth-order valence-electron chi connectivity index (χ4n) is 2.36. The maximum atomic E-state index is 12.2. The number of nitrogens with one attached hydrogen (secondary N) is 2. The number of fused-ring (bicyclic) bond motifs is 1. The molecule has 0 aliphatic rings. The number of pyridine rings is 1. The first-order chi connectivity index (χ1) is 11.1. The lowest BCUT2D eigenvalue weighted by Crippen LogP contribution is -2.26. The van der Waals surface area contributed by atoms with Gasteiger partial charge in [-0.05, 0) is 35.7 Å². The van der Waals surface area contributed by atoms with Crippen molar-refractivity contribution in [2.24, 2.45) is 0 Å². The van der Waals surface area contributed by atoms with E-state index in [0.717, 1.165) is 22.2 Å². The highest BCUT2D eigenvalue weighted by atomic mass is 16.5. The van der Waals surface area contributed by atoms with Crippen LogP contribution in [0.4, 0.5) is 0 Å². The van der Waals surface area contributed by atoms with Crippen molar-refractivity contribution < 1.29 is 4.74 Å². The van der Waals surface area contributed by atoms with Gasteiger partial charge in [0.25, 0.3) is 5.56 Å². The summed E-state index contributed by atoms with van der Waals surface area (Å²) in [7, 11) is 0. The van der Waals surface area contributed by atoms with E-state index in [0.29, 0.717) is 18.3 Å². The smallest absolute Gasteiger partial charge is 0.252 e. The van der Waals surface area contributed by atoms with E-state index < -0.39 is 0 Å². The van der Waals surface area contributed by atoms with Crippen molar-refractivity contribution in [3.8, 4) is 11.5 Å². The summed E-state index contributed by atoms with van der Waals surface area (Å²) in [5.41, 5.74) is 1.45. The zero-order valence-corrected chi connectivity index (χ0v) is 13.3. The van der Waals surface area contributed by atoms with Gasteiger partial charge < -0.3 is 15.0 Å². The molecule has 0 aliphatic heterocycles. The second-order valence-electron chi connectivity index (χ2n) is 5.82. The van der Waals surface area contributed by atoms with Crippen LogP contribution in [0.25, 0.3) is 10.9 Å².